The topological polar surface area (TPSA) is 201 Å². The maximum absolute atomic E-state index is 11.4. The number of carboxylic acid groups (broad SMARTS) is 1. The van der Waals surface area contributed by atoms with Gasteiger partial charge in [-0.2, -0.15) is 0 Å². The molecule has 4 saturated heterocycles. The number of alkyl halides is 2. The molecular formula is C22H30Cl2O14. The zero-order valence-electron chi connectivity index (χ0n) is 20.9. The number of carboxylic acids is 1. The van der Waals surface area contributed by atoms with Gasteiger partial charge < -0.3 is 43.7 Å². The van der Waals surface area contributed by atoms with Crippen molar-refractivity contribution in [2.75, 3.05) is 14.2 Å². The van der Waals surface area contributed by atoms with E-state index in [4.69, 9.17) is 47.3 Å². The van der Waals surface area contributed by atoms with Gasteiger partial charge in [-0.05, 0) is 12.8 Å². The van der Waals surface area contributed by atoms with Crippen molar-refractivity contribution < 1.29 is 67.7 Å². The van der Waals surface area contributed by atoms with Crippen LogP contribution in [0.2, 0.25) is 0 Å². The third kappa shape index (κ3) is 7.45. The molecule has 0 saturated carbocycles. The summed E-state index contributed by atoms with van der Waals surface area (Å²) in [6, 6.07) is 0. The van der Waals surface area contributed by atoms with Crippen molar-refractivity contribution in [3.05, 3.63) is 0 Å². The quantitative estimate of drug-likeness (QED) is 0.208. The molecule has 4 rings (SSSR count). The van der Waals surface area contributed by atoms with Crippen LogP contribution in [0, 0.1) is 11.8 Å². The first-order valence-electron chi connectivity index (χ1n) is 11.4. The number of rotatable bonds is 5. The van der Waals surface area contributed by atoms with Crippen LogP contribution >= 0.6 is 23.2 Å². The van der Waals surface area contributed by atoms with Crippen LogP contribution in [0.4, 0.5) is 0 Å². The molecule has 4 aliphatic rings. The maximum atomic E-state index is 11.4. The lowest BCUT2D eigenvalue weighted by molar-refractivity contribution is -0.161. The molecule has 4 fully saturated rings. The average molecular weight is 589 g/mol. The molecule has 0 aromatic heterocycles. The summed E-state index contributed by atoms with van der Waals surface area (Å²) in [5.41, 5.74) is 0. The van der Waals surface area contributed by atoms with Crippen LogP contribution in [0.25, 0.3) is 0 Å². The Morgan fingerprint density at radius 1 is 0.763 bits per heavy atom. The Labute approximate surface area is 227 Å². The van der Waals surface area contributed by atoms with Gasteiger partial charge in [-0.1, -0.05) is 23.2 Å². The van der Waals surface area contributed by atoms with Crippen molar-refractivity contribution in [2.24, 2.45) is 11.8 Å². The number of methoxy groups -OCH3 is 2. The molecule has 38 heavy (non-hydrogen) atoms. The summed E-state index contributed by atoms with van der Waals surface area (Å²) in [4.78, 5) is 52.6. The second-order valence-corrected chi connectivity index (χ2v) is 9.87. The zero-order valence-corrected chi connectivity index (χ0v) is 22.4. The second-order valence-electron chi connectivity index (χ2n) is 8.78. The van der Waals surface area contributed by atoms with E-state index in [1.54, 1.807) is 0 Å². The highest BCUT2D eigenvalue weighted by Gasteiger charge is 2.59. The van der Waals surface area contributed by atoms with E-state index in [1.807, 2.05) is 0 Å². The van der Waals surface area contributed by atoms with Crippen LogP contribution < -0.4 is 0 Å². The van der Waals surface area contributed by atoms with Gasteiger partial charge in [-0.15, -0.1) is 0 Å². The maximum Gasteiger partial charge on any atom is 0.337 e. The molecule has 216 valence electrons. The predicted octanol–water partition coefficient (Wildman–Crippen LogP) is -0.647. The van der Waals surface area contributed by atoms with Crippen LogP contribution in [0.3, 0.4) is 0 Å². The minimum atomic E-state index is -1.29. The van der Waals surface area contributed by atoms with E-state index in [2.05, 4.69) is 9.47 Å². The molecule has 0 amide bonds. The van der Waals surface area contributed by atoms with Crippen molar-refractivity contribution in [3.8, 4) is 0 Å². The first-order valence-corrected chi connectivity index (χ1v) is 12.3. The summed E-state index contributed by atoms with van der Waals surface area (Å²) in [5, 5.41) is 27.3. The van der Waals surface area contributed by atoms with Gasteiger partial charge in [0.15, 0.2) is 12.2 Å². The molecule has 0 radical (unpaired) electrons. The molecule has 3 N–H and O–H groups in total. The lowest BCUT2D eigenvalue weighted by Gasteiger charge is -2.27. The molecule has 4 aliphatic heterocycles. The fourth-order valence-electron chi connectivity index (χ4n) is 4.77. The number of aliphatic hydroxyl groups is 2. The molecule has 0 aliphatic carbocycles. The molecule has 4 bridgehead atoms. The molecule has 0 spiro atoms. The molecule has 6 unspecified atom stereocenters. The standard InChI is InChI=1S/2C10H14O6.C2H2Cl2O2/c1-4(11)15-9-6-3-5(10(13)14-2)8(16-6)7(9)12;1-4(11)15-9-7(12)6-3-5(8(9)16-6)10(13)14-2;3-1(4)2(5)6/h2*5-9,12H,3H2,1-2H3;1H,(H,5,6)/t5?,6?,7-,8+,9?;5?,6?,7?,8-,9-;/m10./s1. The van der Waals surface area contributed by atoms with Crippen molar-refractivity contribution in [1.82, 2.24) is 0 Å². The predicted molar refractivity (Wildman–Crippen MR) is 124 cm³/mol. The summed E-state index contributed by atoms with van der Waals surface area (Å²) in [6.45, 7) is 2.53. The van der Waals surface area contributed by atoms with Gasteiger partial charge in [0.1, 0.15) is 24.4 Å². The van der Waals surface area contributed by atoms with Crippen molar-refractivity contribution >= 4 is 53.0 Å². The van der Waals surface area contributed by atoms with Gasteiger partial charge in [0.05, 0.1) is 38.3 Å². The lowest BCUT2D eigenvalue weighted by atomic mass is 9.85. The van der Waals surface area contributed by atoms with Crippen LogP contribution in [-0.4, -0.2) is 113 Å². The third-order valence-corrected chi connectivity index (χ3v) is 6.68. The number of aliphatic hydroxyl groups excluding tert-OH is 2. The van der Waals surface area contributed by atoms with Crippen molar-refractivity contribution in [2.45, 2.75) is 80.4 Å². The number of carbonyl (C=O) groups excluding carboxylic acids is 4. The summed E-state index contributed by atoms with van der Waals surface area (Å²) in [7, 11) is 2.59. The number of fused-ring (bicyclic) bond motifs is 4. The monoisotopic (exact) mass is 588 g/mol. The average Bonchev–Trinajstić information content (AvgIpc) is 3.61. The van der Waals surface area contributed by atoms with Gasteiger partial charge in [0, 0.05) is 13.8 Å². The van der Waals surface area contributed by atoms with Gasteiger partial charge >= 0.3 is 29.8 Å². The normalized spacial score (nSPS) is 35.8. The van der Waals surface area contributed by atoms with Crippen LogP contribution in [-0.2, 0) is 52.4 Å². The van der Waals surface area contributed by atoms with Crippen molar-refractivity contribution in [1.29, 1.82) is 0 Å². The number of aliphatic carboxylic acids is 1. The van der Waals surface area contributed by atoms with Gasteiger partial charge in [-0.25, -0.2) is 4.79 Å². The highest BCUT2D eigenvalue weighted by Crippen LogP contribution is 2.42. The Hall–Kier alpha value is -2.23. The highest BCUT2D eigenvalue weighted by molar-refractivity contribution is 6.52. The zero-order chi connectivity index (χ0) is 28.9. The summed E-state index contributed by atoms with van der Waals surface area (Å²) in [5.74, 6) is -3.87. The fourth-order valence-corrected chi connectivity index (χ4v) is 4.77. The lowest BCUT2D eigenvalue weighted by Crippen LogP contribution is -2.46. The first-order chi connectivity index (χ1) is 17.7. The highest BCUT2D eigenvalue weighted by atomic mass is 35.5. The Bertz CT molecular complexity index is 895. The SMILES string of the molecule is COC(=O)C1CC2O[C@@H]1[C@@H](O)C2OC(C)=O.COC(=O)C1CC2O[C@@H]1[C@@H](OC(C)=O)C2O.O=C(O)C(Cl)Cl. The molecule has 4 heterocycles. The minimum Gasteiger partial charge on any atom is -0.479 e. The molecular weight excluding hydrogens is 559 g/mol. The van der Waals surface area contributed by atoms with Crippen molar-refractivity contribution in [3.63, 3.8) is 0 Å². The Kier molecular flexibility index (Phi) is 11.5. The molecule has 14 nitrogen and oxygen atoms in total. The van der Waals surface area contributed by atoms with E-state index in [-0.39, 0.29) is 0 Å². The van der Waals surface area contributed by atoms with Crippen LogP contribution in [0.15, 0.2) is 0 Å². The Morgan fingerprint density at radius 3 is 1.58 bits per heavy atom. The first kappa shape index (κ1) is 32.0. The number of ether oxygens (including phenoxy) is 6. The van der Waals surface area contributed by atoms with Crippen LogP contribution in [0.5, 0.6) is 0 Å². The summed E-state index contributed by atoms with van der Waals surface area (Å²) >= 11 is 9.56. The van der Waals surface area contributed by atoms with E-state index in [1.165, 1.54) is 28.1 Å². The summed E-state index contributed by atoms with van der Waals surface area (Å²) < 4.78 is 30.0. The molecule has 0 aromatic carbocycles. The second kappa shape index (κ2) is 13.7. The number of esters is 4. The van der Waals surface area contributed by atoms with Gasteiger partial charge in [0.2, 0.25) is 4.84 Å². The molecule has 16 heteroatoms. The Balaban J connectivity index is 0.000000221. The fraction of sp³-hybridized carbons (Fsp3) is 0.773. The van der Waals surface area contributed by atoms with Gasteiger partial charge in [-0.3, -0.25) is 19.2 Å². The molecule has 0 aromatic rings. The minimum absolute atomic E-state index is 0.392. The van der Waals surface area contributed by atoms with E-state index in [0.29, 0.717) is 12.8 Å². The number of hydrogen-bond acceptors (Lipinski definition) is 13. The van der Waals surface area contributed by atoms with E-state index in [9.17, 15) is 34.2 Å². The number of halogens is 2. The summed E-state index contributed by atoms with van der Waals surface area (Å²) in [6.07, 6.45) is -4.46. The van der Waals surface area contributed by atoms with Crippen LogP contribution in [0.1, 0.15) is 26.7 Å². The van der Waals surface area contributed by atoms with E-state index < -0.39 is 95.4 Å². The Morgan fingerprint density at radius 2 is 1.18 bits per heavy atom. The number of hydrogen-bond donors (Lipinski definition) is 3. The third-order valence-electron chi connectivity index (χ3n) is 6.31. The van der Waals surface area contributed by atoms with E-state index in [0.717, 1.165) is 0 Å². The molecule has 10 atom stereocenters. The smallest absolute Gasteiger partial charge is 0.337 e. The largest absolute Gasteiger partial charge is 0.479 e. The van der Waals surface area contributed by atoms with Gasteiger partial charge in [0.25, 0.3) is 0 Å². The van der Waals surface area contributed by atoms with E-state index >= 15 is 0 Å². The number of carbonyl (C=O) groups is 5.